The van der Waals surface area contributed by atoms with E-state index in [0.717, 1.165) is 19.5 Å². The van der Waals surface area contributed by atoms with Crippen LogP contribution < -0.4 is 5.32 Å². The van der Waals surface area contributed by atoms with Crippen molar-refractivity contribution in [3.63, 3.8) is 0 Å². The highest BCUT2D eigenvalue weighted by Crippen LogP contribution is 2.10. The van der Waals surface area contributed by atoms with Crippen molar-refractivity contribution < 1.29 is 4.79 Å². The van der Waals surface area contributed by atoms with Gasteiger partial charge in [-0.05, 0) is 31.8 Å². The van der Waals surface area contributed by atoms with Crippen LogP contribution >= 0.6 is 0 Å². The van der Waals surface area contributed by atoms with E-state index < -0.39 is 0 Å². The molecule has 1 heterocycles. The summed E-state index contributed by atoms with van der Waals surface area (Å²) >= 11 is 0. The van der Waals surface area contributed by atoms with Crippen molar-refractivity contribution in [2.24, 2.45) is 5.92 Å². The zero-order valence-corrected chi connectivity index (χ0v) is 10.3. The summed E-state index contributed by atoms with van der Waals surface area (Å²) in [6.07, 6.45) is 3.00. The molecule has 0 aromatic carbocycles. The lowest BCUT2D eigenvalue weighted by atomic mass is 10.0. The van der Waals surface area contributed by atoms with E-state index in [2.05, 4.69) is 31.0 Å². The number of carbonyl (C=O) groups excluding carboxylic acids is 1. The highest BCUT2D eigenvalue weighted by Gasteiger charge is 2.20. The lowest BCUT2D eigenvalue weighted by Crippen LogP contribution is -2.47. The van der Waals surface area contributed by atoms with E-state index in [-0.39, 0.29) is 5.91 Å². The fraction of sp³-hybridized carbons (Fsp3) is 0.917. The van der Waals surface area contributed by atoms with Crippen LogP contribution in [-0.4, -0.2) is 36.5 Å². The molecule has 15 heavy (non-hydrogen) atoms. The van der Waals surface area contributed by atoms with Crippen LogP contribution in [0.5, 0.6) is 0 Å². The molecule has 1 atom stereocenters. The van der Waals surface area contributed by atoms with Crippen LogP contribution in [-0.2, 0) is 4.79 Å². The first kappa shape index (κ1) is 12.5. The molecule has 0 radical (unpaired) electrons. The molecule has 0 bridgehead atoms. The highest BCUT2D eigenvalue weighted by molar-refractivity contribution is 5.76. The van der Waals surface area contributed by atoms with E-state index >= 15 is 0 Å². The Morgan fingerprint density at radius 3 is 2.87 bits per heavy atom. The third kappa shape index (κ3) is 4.65. The quantitative estimate of drug-likeness (QED) is 0.768. The second-order valence-corrected chi connectivity index (χ2v) is 4.90. The van der Waals surface area contributed by atoms with Crippen molar-refractivity contribution in [2.45, 2.75) is 46.1 Å². The lowest BCUT2D eigenvalue weighted by Gasteiger charge is -2.32. The monoisotopic (exact) mass is 212 g/mol. The van der Waals surface area contributed by atoms with Crippen molar-refractivity contribution in [3.05, 3.63) is 0 Å². The van der Waals surface area contributed by atoms with E-state index in [0.29, 0.717) is 18.4 Å². The molecule has 1 fully saturated rings. The molecule has 1 aliphatic heterocycles. The van der Waals surface area contributed by atoms with Crippen molar-refractivity contribution in [3.8, 4) is 0 Å². The summed E-state index contributed by atoms with van der Waals surface area (Å²) in [5.41, 5.74) is 0. The summed E-state index contributed by atoms with van der Waals surface area (Å²) in [6, 6.07) is 0.380. The Balaban J connectivity index is 2.28. The molecule has 0 aromatic rings. The Morgan fingerprint density at radius 1 is 1.53 bits per heavy atom. The Kier molecular flexibility index (Phi) is 5.09. The first-order valence-corrected chi connectivity index (χ1v) is 6.13. The number of hydrogen-bond acceptors (Lipinski definition) is 2. The fourth-order valence-corrected chi connectivity index (χ4v) is 2.12. The molecule has 1 aliphatic rings. The molecule has 1 amide bonds. The minimum Gasteiger partial charge on any atom is -0.352 e. The first-order valence-electron chi connectivity index (χ1n) is 6.13. The molecule has 3 heteroatoms. The number of hydrogen-bond donors (Lipinski definition) is 1. The van der Waals surface area contributed by atoms with Gasteiger partial charge >= 0.3 is 0 Å². The van der Waals surface area contributed by atoms with Crippen LogP contribution in [0.1, 0.15) is 40.0 Å². The van der Waals surface area contributed by atoms with Gasteiger partial charge in [-0.2, -0.15) is 0 Å². The molecule has 88 valence electrons. The maximum Gasteiger partial charge on any atom is 0.220 e. The summed E-state index contributed by atoms with van der Waals surface area (Å²) in [6.45, 7) is 9.65. The van der Waals surface area contributed by atoms with Crippen LogP contribution in [0, 0.1) is 5.92 Å². The van der Waals surface area contributed by atoms with E-state index in [1.165, 1.54) is 13.0 Å². The second kappa shape index (κ2) is 6.11. The average molecular weight is 212 g/mol. The number of likely N-dealkylation sites (N-methyl/N-ethyl adjacent to an activating group) is 1. The largest absolute Gasteiger partial charge is 0.352 e. The van der Waals surface area contributed by atoms with Crippen LogP contribution in [0.15, 0.2) is 0 Å². The Hall–Kier alpha value is -0.570. The van der Waals surface area contributed by atoms with Crippen molar-refractivity contribution in [2.75, 3.05) is 19.6 Å². The molecule has 0 spiro atoms. The SMILES string of the molecule is CCN1CCCC(NC(=O)CC(C)C)C1. The average Bonchev–Trinajstić information content (AvgIpc) is 2.16. The van der Waals surface area contributed by atoms with Gasteiger partial charge in [-0.3, -0.25) is 4.79 Å². The zero-order valence-electron chi connectivity index (χ0n) is 10.3. The molecule has 0 aromatic heterocycles. The summed E-state index contributed by atoms with van der Waals surface area (Å²) in [7, 11) is 0. The normalized spacial score (nSPS) is 23.1. The topological polar surface area (TPSA) is 32.3 Å². The summed E-state index contributed by atoms with van der Waals surface area (Å²) in [4.78, 5) is 14.0. The first-order chi connectivity index (χ1) is 7.11. The molecule has 0 saturated carbocycles. The zero-order chi connectivity index (χ0) is 11.3. The van der Waals surface area contributed by atoms with Crippen LogP contribution in [0.4, 0.5) is 0 Å². The molecular formula is C12H24N2O. The second-order valence-electron chi connectivity index (χ2n) is 4.90. The Labute approximate surface area is 93.2 Å². The number of carbonyl (C=O) groups is 1. The van der Waals surface area contributed by atoms with Crippen LogP contribution in [0.25, 0.3) is 0 Å². The third-order valence-electron chi connectivity index (χ3n) is 2.91. The van der Waals surface area contributed by atoms with Gasteiger partial charge in [-0.25, -0.2) is 0 Å². The number of amides is 1. The number of nitrogens with one attached hydrogen (secondary N) is 1. The molecule has 1 N–H and O–H groups in total. The number of rotatable bonds is 4. The number of piperidine rings is 1. The highest BCUT2D eigenvalue weighted by atomic mass is 16.1. The maximum absolute atomic E-state index is 11.6. The number of nitrogens with zero attached hydrogens (tertiary/aromatic N) is 1. The molecule has 1 rings (SSSR count). The van der Waals surface area contributed by atoms with E-state index in [1.807, 2.05) is 0 Å². The predicted octanol–water partition coefficient (Wildman–Crippen LogP) is 1.63. The van der Waals surface area contributed by atoms with Crippen LogP contribution in [0.2, 0.25) is 0 Å². The smallest absolute Gasteiger partial charge is 0.220 e. The molecular weight excluding hydrogens is 188 g/mol. The lowest BCUT2D eigenvalue weighted by molar-refractivity contribution is -0.122. The third-order valence-corrected chi connectivity index (χ3v) is 2.91. The summed E-state index contributed by atoms with van der Waals surface area (Å²) in [5.74, 6) is 0.670. The van der Waals surface area contributed by atoms with Crippen molar-refractivity contribution >= 4 is 5.91 Å². The van der Waals surface area contributed by atoms with Gasteiger partial charge in [-0.1, -0.05) is 20.8 Å². The summed E-state index contributed by atoms with van der Waals surface area (Å²) in [5, 5.41) is 3.13. The Morgan fingerprint density at radius 2 is 2.27 bits per heavy atom. The predicted molar refractivity (Wildman–Crippen MR) is 62.7 cm³/mol. The summed E-state index contributed by atoms with van der Waals surface area (Å²) < 4.78 is 0. The van der Waals surface area contributed by atoms with Crippen molar-refractivity contribution in [1.29, 1.82) is 0 Å². The minimum atomic E-state index is 0.216. The molecule has 0 aliphatic carbocycles. The van der Waals surface area contributed by atoms with Gasteiger partial charge in [0.15, 0.2) is 0 Å². The minimum absolute atomic E-state index is 0.216. The fourth-order valence-electron chi connectivity index (χ4n) is 2.12. The van der Waals surface area contributed by atoms with Gasteiger partial charge < -0.3 is 10.2 Å². The van der Waals surface area contributed by atoms with Gasteiger partial charge in [-0.15, -0.1) is 0 Å². The van der Waals surface area contributed by atoms with E-state index in [4.69, 9.17) is 0 Å². The maximum atomic E-state index is 11.6. The van der Waals surface area contributed by atoms with Crippen molar-refractivity contribution in [1.82, 2.24) is 10.2 Å². The molecule has 1 saturated heterocycles. The standard InChI is InChI=1S/C12H24N2O/c1-4-14-7-5-6-11(9-14)13-12(15)8-10(2)3/h10-11H,4-9H2,1-3H3,(H,13,15). The Bertz CT molecular complexity index is 204. The van der Waals surface area contributed by atoms with E-state index in [1.54, 1.807) is 0 Å². The van der Waals surface area contributed by atoms with E-state index in [9.17, 15) is 4.79 Å². The van der Waals surface area contributed by atoms with Gasteiger partial charge in [0.2, 0.25) is 5.91 Å². The van der Waals surface area contributed by atoms with Gasteiger partial charge in [0, 0.05) is 19.0 Å². The van der Waals surface area contributed by atoms with Gasteiger partial charge in [0.25, 0.3) is 0 Å². The molecule has 3 nitrogen and oxygen atoms in total. The number of likely N-dealkylation sites (tertiary alicyclic amines) is 1. The van der Waals surface area contributed by atoms with Crippen LogP contribution in [0.3, 0.4) is 0 Å². The molecule has 1 unspecified atom stereocenters. The van der Waals surface area contributed by atoms with Gasteiger partial charge in [0.05, 0.1) is 0 Å². The van der Waals surface area contributed by atoms with Gasteiger partial charge in [0.1, 0.15) is 0 Å².